The van der Waals surface area contributed by atoms with E-state index < -0.39 is 17.8 Å². The summed E-state index contributed by atoms with van der Waals surface area (Å²) in [5.41, 5.74) is 0.625. The van der Waals surface area contributed by atoms with Crippen LogP contribution in [0.5, 0.6) is 0 Å². The first kappa shape index (κ1) is 23.9. The van der Waals surface area contributed by atoms with Gasteiger partial charge in [-0.15, -0.1) is 0 Å². The van der Waals surface area contributed by atoms with Gasteiger partial charge in [0.15, 0.2) is 0 Å². The third kappa shape index (κ3) is 2.64. The Balaban J connectivity index is 1.30. The quantitative estimate of drug-likeness (QED) is 0.526. The van der Waals surface area contributed by atoms with Crippen molar-refractivity contribution in [1.29, 1.82) is 0 Å². The fourth-order valence-electron chi connectivity index (χ4n) is 11.6. The van der Waals surface area contributed by atoms with Crippen LogP contribution in [0.4, 0.5) is 0 Å². The van der Waals surface area contributed by atoms with Crippen molar-refractivity contribution in [1.82, 2.24) is 0 Å². The first-order valence-electron chi connectivity index (χ1n) is 14.3. The summed E-state index contributed by atoms with van der Waals surface area (Å²) >= 11 is 0. The van der Waals surface area contributed by atoms with Crippen molar-refractivity contribution in [3.05, 3.63) is 0 Å². The Labute approximate surface area is 206 Å². The van der Waals surface area contributed by atoms with Crippen LogP contribution in [0.25, 0.3) is 0 Å². The third-order valence-corrected chi connectivity index (χ3v) is 13.8. The van der Waals surface area contributed by atoms with Crippen LogP contribution in [0.2, 0.25) is 0 Å². The molecule has 10 atom stereocenters. The lowest BCUT2D eigenvalue weighted by molar-refractivity contribution is -0.159. The molecule has 6 rings (SSSR count). The van der Waals surface area contributed by atoms with Crippen molar-refractivity contribution in [3.63, 3.8) is 0 Å². The lowest BCUT2D eigenvalue weighted by atomic mass is 9.42. The molecule has 5 saturated carbocycles. The molecule has 0 bridgehead atoms. The van der Waals surface area contributed by atoms with Crippen molar-refractivity contribution >= 4 is 5.78 Å². The van der Waals surface area contributed by atoms with Crippen LogP contribution in [0.1, 0.15) is 106 Å². The Hall–Kier alpha value is -0.450. The third-order valence-electron chi connectivity index (χ3n) is 13.8. The van der Waals surface area contributed by atoms with Gasteiger partial charge in [-0.2, -0.15) is 0 Å². The van der Waals surface area contributed by atoms with E-state index >= 15 is 0 Å². The van der Waals surface area contributed by atoms with Gasteiger partial charge in [-0.05, 0) is 117 Å². The SMILES string of the molecule is CC1(C)OC[C@@H]([C@H]2CC[C@@]3(C)[C@@H]4CC[C@H]5C(C)(C)C(=O)CC[C@@]56C[C@@]46CC[C@]23C)C[C@H](O)[C@H]1O. The molecule has 4 heteroatoms. The van der Waals surface area contributed by atoms with Crippen LogP contribution in [0.15, 0.2) is 0 Å². The summed E-state index contributed by atoms with van der Waals surface area (Å²) in [6, 6.07) is 0. The van der Waals surface area contributed by atoms with Gasteiger partial charge < -0.3 is 14.9 Å². The van der Waals surface area contributed by atoms with Gasteiger partial charge in [0.2, 0.25) is 0 Å². The number of aliphatic hydroxyl groups excluding tert-OH is 2. The molecule has 0 aromatic carbocycles. The molecule has 1 heterocycles. The summed E-state index contributed by atoms with van der Waals surface area (Å²) in [5, 5.41) is 21.5. The smallest absolute Gasteiger partial charge is 0.138 e. The number of carbonyl (C=O) groups excluding carboxylic acids is 1. The van der Waals surface area contributed by atoms with Gasteiger partial charge in [0.1, 0.15) is 11.9 Å². The Morgan fingerprint density at radius 1 is 0.824 bits per heavy atom. The van der Waals surface area contributed by atoms with E-state index in [4.69, 9.17) is 4.74 Å². The number of rotatable bonds is 1. The molecule has 34 heavy (non-hydrogen) atoms. The second-order valence-corrected chi connectivity index (χ2v) is 15.2. The highest BCUT2D eigenvalue weighted by atomic mass is 16.5. The Kier molecular flexibility index (Phi) is 4.85. The number of carbonyl (C=O) groups is 1. The van der Waals surface area contributed by atoms with Crippen molar-refractivity contribution in [3.8, 4) is 0 Å². The molecule has 6 fully saturated rings. The number of Topliss-reactive ketones (excluding diaryl/α,β-unsaturated/α-hetero) is 1. The number of hydrogen-bond donors (Lipinski definition) is 2. The summed E-state index contributed by atoms with van der Waals surface area (Å²) < 4.78 is 6.25. The second kappa shape index (κ2) is 6.90. The van der Waals surface area contributed by atoms with Gasteiger partial charge in [0, 0.05) is 11.8 Å². The van der Waals surface area contributed by atoms with Gasteiger partial charge >= 0.3 is 0 Å². The van der Waals surface area contributed by atoms with Crippen LogP contribution >= 0.6 is 0 Å². The second-order valence-electron chi connectivity index (χ2n) is 15.2. The zero-order valence-electron chi connectivity index (χ0n) is 22.5. The molecule has 192 valence electrons. The van der Waals surface area contributed by atoms with Gasteiger partial charge in [-0.1, -0.05) is 27.7 Å². The minimum absolute atomic E-state index is 0.145. The number of hydrogen-bond acceptors (Lipinski definition) is 4. The minimum Gasteiger partial charge on any atom is -0.390 e. The molecule has 0 amide bonds. The van der Waals surface area contributed by atoms with Crippen LogP contribution in [0, 0.1) is 50.7 Å². The first-order valence-corrected chi connectivity index (χ1v) is 14.3. The van der Waals surface area contributed by atoms with Crippen molar-refractivity contribution in [2.24, 2.45) is 50.7 Å². The summed E-state index contributed by atoms with van der Waals surface area (Å²) in [4.78, 5) is 12.9. The zero-order valence-corrected chi connectivity index (χ0v) is 22.5. The predicted molar refractivity (Wildman–Crippen MR) is 132 cm³/mol. The van der Waals surface area contributed by atoms with E-state index in [1.807, 2.05) is 13.8 Å². The van der Waals surface area contributed by atoms with Gasteiger partial charge in [-0.3, -0.25) is 4.79 Å². The topological polar surface area (TPSA) is 66.8 Å². The van der Waals surface area contributed by atoms with Crippen molar-refractivity contribution in [2.45, 2.75) is 124 Å². The molecule has 0 unspecified atom stereocenters. The van der Waals surface area contributed by atoms with E-state index in [9.17, 15) is 15.0 Å². The maximum absolute atomic E-state index is 12.9. The van der Waals surface area contributed by atoms with Crippen LogP contribution in [0.3, 0.4) is 0 Å². The molecule has 1 aliphatic heterocycles. The molecular formula is C30H48O4. The van der Waals surface area contributed by atoms with E-state index in [-0.39, 0.29) is 10.8 Å². The monoisotopic (exact) mass is 472 g/mol. The number of aliphatic hydroxyl groups is 2. The van der Waals surface area contributed by atoms with Crippen molar-refractivity contribution in [2.75, 3.05) is 6.61 Å². The average molecular weight is 473 g/mol. The van der Waals surface area contributed by atoms with Crippen LogP contribution in [-0.2, 0) is 9.53 Å². The number of ether oxygens (including phenoxy) is 1. The molecule has 2 spiro atoms. The van der Waals surface area contributed by atoms with E-state index in [0.29, 0.717) is 52.8 Å². The average Bonchev–Trinajstić information content (AvgIpc) is 3.38. The first-order chi connectivity index (χ1) is 15.8. The van der Waals surface area contributed by atoms with Gasteiger partial charge in [0.25, 0.3) is 0 Å². The maximum Gasteiger partial charge on any atom is 0.138 e. The zero-order chi connectivity index (χ0) is 24.5. The van der Waals surface area contributed by atoms with Gasteiger partial charge in [0.05, 0.1) is 18.3 Å². The van der Waals surface area contributed by atoms with Gasteiger partial charge in [-0.25, -0.2) is 0 Å². The fraction of sp³-hybridized carbons (Fsp3) is 0.967. The summed E-state index contributed by atoms with van der Waals surface area (Å²) in [6.45, 7) is 14.2. The van der Waals surface area contributed by atoms with Crippen molar-refractivity contribution < 1.29 is 19.7 Å². The molecule has 0 radical (unpaired) electrons. The standard InChI is InChI=1S/C30H48O4/c1-25(2)21-7-8-22-28(6)11-9-19(18-15-20(31)24(33)26(3,4)34-16-18)27(28,5)13-14-30(22)17-29(21,30)12-10-23(25)32/h18-22,24,31,33H,7-17H2,1-6H3/t18-,19+,20-,21-,22-,24+,27+,28-,29+,30-/m0/s1. The fourth-order valence-corrected chi connectivity index (χ4v) is 11.6. The predicted octanol–water partition coefficient (Wildman–Crippen LogP) is 5.53. The molecule has 1 saturated heterocycles. The van der Waals surface area contributed by atoms with Crippen LogP contribution in [-0.4, -0.2) is 40.4 Å². The molecule has 0 aromatic heterocycles. The lowest BCUT2D eigenvalue weighted by Crippen LogP contribution is -2.57. The number of ketones is 1. The highest BCUT2D eigenvalue weighted by Gasteiger charge is 2.82. The highest BCUT2D eigenvalue weighted by Crippen LogP contribution is 2.88. The summed E-state index contributed by atoms with van der Waals surface area (Å²) in [6.07, 6.45) is 10.0. The summed E-state index contributed by atoms with van der Waals surface area (Å²) in [5.74, 6) is 2.71. The Morgan fingerprint density at radius 2 is 1.50 bits per heavy atom. The van der Waals surface area contributed by atoms with E-state index in [2.05, 4.69) is 27.7 Å². The minimum atomic E-state index is -0.827. The summed E-state index contributed by atoms with van der Waals surface area (Å²) in [7, 11) is 0. The molecular weight excluding hydrogens is 424 g/mol. The van der Waals surface area contributed by atoms with E-state index in [1.165, 1.54) is 44.9 Å². The van der Waals surface area contributed by atoms with E-state index in [1.54, 1.807) is 0 Å². The molecule has 6 aliphatic rings. The van der Waals surface area contributed by atoms with Crippen LogP contribution < -0.4 is 0 Å². The molecule has 4 nitrogen and oxygen atoms in total. The largest absolute Gasteiger partial charge is 0.390 e. The maximum atomic E-state index is 12.9. The Bertz CT molecular complexity index is 894. The molecule has 0 aromatic rings. The Morgan fingerprint density at radius 3 is 2.24 bits per heavy atom. The van der Waals surface area contributed by atoms with E-state index in [0.717, 1.165) is 18.8 Å². The normalized spacial score (nSPS) is 57.6. The lowest BCUT2D eigenvalue weighted by Gasteiger charge is -2.62. The molecule has 5 aliphatic carbocycles. The highest BCUT2D eigenvalue weighted by molar-refractivity contribution is 5.86. The molecule has 2 N–H and O–H groups in total. The number of fused-ring (bicyclic) bond motifs is 2.